The third kappa shape index (κ3) is 1.41. The first kappa shape index (κ1) is 7.55. The van der Waals surface area contributed by atoms with Crippen LogP contribution in [0.3, 0.4) is 0 Å². The van der Waals surface area contributed by atoms with Gasteiger partial charge in [-0.1, -0.05) is 11.6 Å². The van der Waals surface area contributed by atoms with E-state index in [1.54, 1.807) is 18.3 Å². The van der Waals surface area contributed by atoms with Crippen LogP contribution in [0.15, 0.2) is 23.3 Å². The van der Waals surface area contributed by atoms with Crippen LogP contribution in [0.4, 0.5) is 0 Å². The van der Waals surface area contributed by atoms with Gasteiger partial charge in [0, 0.05) is 11.2 Å². The lowest BCUT2D eigenvalue weighted by molar-refractivity contribution is 0.347. The van der Waals surface area contributed by atoms with Crippen molar-refractivity contribution in [1.82, 2.24) is 4.98 Å². The Morgan fingerprint density at radius 2 is 2.42 bits per heavy atom. The fourth-order valence-corrected chi connectivity index (χ4v) is 1.17. The number of rotatable bonds is 1. The molecule has 2 heterocycles. The summed E-state index contributed by atoms with van der Waals surface area (Å²) in [4.78, 5) is 8.20. The van der Waals surface area contributed by atoms with Gasteiger partial charge in [-0.25, -0.2) is 4.99 Å². The molecule has 0 bridgehead atoms. The lowest BCUT2D eigenvalue weighted by atomic mass is 10.3. The molecule has 3 nitrogen and oxygen atoms in total. The van der Waals surface area contributed by atoms with E-state index in [0.29, 0.717) is 29.8 Å². The molecule has 0 N–H and O–H groups in total. The Bertz CT molecular complexity index is 325. The minimum atomic E-state index is 0.595. The van der Waals surface area contributed by atoms with E-state index < -0.39 is 0 Å². The highest BCUT2D eigenvalue weighted by molar-refractivity contribution is 6.30. The number of aromatic nitrogens is 1. The zero-order chi connectivity index (χ0) is 8.39. The van der Waals surface area contributed by atoms with Crippen molar-refractivity contribution in [2.24, 2.45) is 4.99 Å². The van der Waals surface area contributed by atoms with E-state index in [1.807, 2.05) is 0 Å². The van der Waals surface area contributed by atoms with E-state index in [4.69, 9.17) is 16.3 Å². The lowest BCUT2D eigenvalue weighted by Gasteiger charge is -1.99. The molecule has 0 saturated carbocycles. The maximum absolute atomic E-state index is 5.77. The van der Waals surface area contributed by atoms with Crippen molar-refractivity contribution in [2.45, 2.75) is 0 Å². The molecule has 62 valence electrons. The van der Waals surface area contributed by atoms with Crippen molar-refractivity contribution < 1.29 is 4.74 Å². The van der Waals surface area contributed by atoms with Crippen LogP contribution in [-0.2, 0) is 4.74 Å². The predicted octanol–water partition coefficient (Wildman–Crippen LogP) is 1.51. The van der Waals surface area contributed by atoms with Crippen LogP contribution in [-0.4, -0.2) is 24.0 Å². The Hall–Kier alpha value is -1.09. The molecule has 0 spiro atoms. The van der Waals surface area contributed by atoms with Crippen molar-refractivity contribution in [3.63, 3.8) is 0 Å². The Morgan fingerprint density at radius 1 is 1.50 bits per heavy atom. The van der Waals surface area contributed by atoms with Crippen molar-refractivity contribution >= 4 is 17.5 Å². The highest BCUT2D eigenvalue weighted by Gasteiger charge is 2.11. The second-order valence-corrected chi connectivity index (χ2v) is 2.83. The summed E-state index contributed by atoms with van der Waals surface area (Å²) in [6, 6.07) is 3.46. The van der Waals surface area contributed by atoms with Crippen molar-refractivity contribution in [2.75, 3.05) is 13.2 Å². The number of pyridine rings is 1. The van der Waals surface area contributed by atoms with E-state index in [2.05, 4.69) is 9.98 Å². The summed E-state index contributed by atoms with van der Waals surface area (Å²) in [5.41, 5.74) is 0.708. The van der Waals surface area contributed by atoms with Gasteiger partial charge in [0.25, 0.3) is 0 Å². The Morgan fingerprint density at radius 3 is 3.08 bits per heavy atom. The van der Waals surface area contributed by atoms with Gasteiger partial charge in [-0.05, 0) is 12.1 Å². The number of nitrogens with zero attached hydrogens (tertiary/aromatic N) is 2. The fraction of sp³-hybridized carbons (Fsp3) is 0.250. The average Bonchev–Trinajstić information content (AvgIpc) is 2.56. The van der Waals surface area contributed by atoms with E-state index in [0.717, 1.165) is 0 Å². The first-order chi connectivity index (χ1) is 5.86. The molecule has 0 atom stereocenters. The van der Waals surface area contributed by atoms with Crippen molar-refractivity contribution in [3.8, 4) is 0 Å². The van der Waals surface area contributed by atoms with Crippen LogP contribution in [0.1, 0.15) is 5.69 Å². The maximum atomic E-state index is 5.77. The topological polar surface area (TPSA) is 34.5 Å². The third-order valence-electron chi connectivity index (χ3n) is 1.53. The van der Waals surface area contributed by atoms with Gasteiger partial charge >= 0.3 is 0 Å². The molecule has 1 aliphatic heterocycles. The van der Waals surface area contributed by atoms with E-state index in [-0.39, 0.29) is 0 Å². The predicted molar refractivity (Wildman–Crippen MR) is 46.6 cm³/mol. The van der Waals surface area contributed by atoms with Gasteiger partial charge in [-0.2, -0.15) is 0 Å². The first-order valence-corrected chi connectivity index (χ1v) is 4.03. The Labute approximate surface area is 75.1 Å². The molecule has 1 aromatic heterocycles. The number of aliphatic imine (C=N–C) groups is 1. The number of ether oxygens (including phenoxy) is 1. The van der Waals surface area contributed by atoms with Gasteiger partial charge in [0.1, 0.15) is 12.3 Å². The molecule has 0 fully saturated rings. The summed E-state index contributed by atoms with van der Waals surface area (Å²) in [5.74, 6) is 0.595. The third-order valence-corrected chi connectivity index (χ3v) is 1.76. The highest BCUT2D eigenvalue weighted by atomic mass is 35.5. The van der Waals surface area contributed by atoms with Gasteiger partial charge in [0.15, 0.2) is 0 Å². The first-order valence-electron chi connectivity index (χ1n) is 3.65. The maximum Gasteiger partial charge on any atom is 0.235 e. The molecule has 1 aromatic rings. The van der Waals surface area contributed by atoms with Crippen molar-refractivity contribution in [3.05, 3.63) is 29.0 Å². The van der Waals surface area contributed by atoms with Gasteiger partial charge < -0.3 is 4.74 Å². The number of hydrogen-bond donors (Lipinski definition) is 0. The van der Waals surface area contributed by atoms with E-state index in [9.17, 15) is 0 Å². The molecule has 4 heteroatoms. The minimum absolute atomic E-state index is 0.595. The van der Waals surface area contributed by atoms with E-state index in [1.165, 1.54) is 0 Å². The number of hydrogen-bond acceptors (Lipinski definition) is 3. The molecular weight excluding hydrogens is 176 g/mol. The Kier molecular flexibility index (Phi) is 1.96. The standard InChI is InChI=1S/C8H7ClN2O/c9-6-1-2-10-7(5-6)8-11-3-4-12-8/h1-2,5H,3-4H2. The second kappa shape index (κ2) is 3.11. The zero-order valence-electron chi connectivity index (χ0n) is 6.33. The monoisotopic (exact) mass is 182 g/mol. The summed E-state index contributed by atoms with van der Waals surface area (Å²) in [5, 5.41) is 0.651. The molecule has 1 aliphatic rings. The second-order valence-electron chi connectivity index (χ2n) is 2.39. The fourth-order valence-electron chi connectivity index (χ4n) is 1.01. The van der Waals surface area contributed by atoms with Crippen LogP contribution in [0, 0.1) is 0 Å². The normalized spacial score (nSPS) is 15.6. The summed E-state index contributed by atoms with van der Waals surface area (Å²) < 4.78 is 5.22. The van der Waals surface area contributed by atoms with E-state index >= 15 is 0 Å². The zero-order valence-corrected chi connectivity index (χ0v) is 7.08. The minimum Gasteiger partial charge on any atom is -0.474 e. The average molecular weight is 183 g/mol. The molecule has 12 heavy (non-hydrogen) atoms. The molecule has 0 saturated heterocycles. The van der Waals surface area contributed by atoms with Crippen LogP contribution < -0.4 is 0 Å². The van der Waals surface area contributed by atoms with Gasteiger partial charge in [0.05, 0.1) is 6.54 Å². The molecular formula is C8H7ClN2O. The van der Waals surface area contributed by atoms with Crippen molar-refractivity contribution in [1.29, 1.82) is 0 Å². The molecule has 0 radical (unpaired) electrons. The molecule has 0 aliphatic carbocycles. The van der Waals surface area contributed by atoms with Crippen LogP contribution in [0.25, 0.3) is 0 Å². The molecule has 0 amide bonds. The van der Waals surface area contributed by atoms with Crippen LogP contribution in [0.2, 0.25) is 5.02 Å². The van der Waals surface area contributed by atoms with Gasteiger partial charge in [-0.3, -0.25) is 4.98 Å². The van der Waals surface area contributed by atoms with Crippen LogP contribution in [0.5, 0.6) is 0 Å². The SMILES string of the molecule is Clc1ccnc(C2=NCCO2)c1. The summed E-state index contributed by atoms with van der Waals surface area (Å²) in [7, 11) is 0. The molecule has 0 unspecified atom stereocenters. The lowest BCUT2D eigenvalue weighted by Crippen LogP contribution is -2.03. The van der Waals surface area contributed by atoms with Crippen LogP contribution >= 0.6 is 11.6 Å². The quantitative estimate of drug-likeness (QED) is 0.660. The number of halogens is 1. The van der Waals surface area contributed by atoms with Gasteiger partial charge in [-0.15, -0.1) is 0 Å². The molecule has 0 aromatic carbocycles. The largest absolute Gasteiger partial charge is 0.474 e. The van der Waals surface area contributed by atoms with Gasteiger partial charge in [0.2, 0.25) is 5.90 Å². The summed E-state index contributed by atoms with van der Waals surface area (Å²) in [6.07, 6.45) is 1.64. The summed E-state index contributed by atoms with van der Waals surface area (Å²) >= 11 is 5.77. The highest BCUT2D eigenvalue weighted by Crippen LogP contribution is 2.11. The molecule has 2 rings (SSSR count). The summed E-state index contributed by atoms with van der Waals surface area (Å²) in [6.45, 7) is 1.35. The smallest absolute Gasteiger partial charge is 0.235 e. The Balaban J connectivity index is 2.33.